The molecule has 0 atom stereocenters. The largest absolute Gasteiger partial charge is 0.393 e. The molecular weight excluding hydrogens is 327 g/mol. The Kier molecular flexibility index (Phi) is 6.49. The number of nitrogens with two attached hydrogens (primary N) is 1. The van der Waals surface area contributed by atoms with Crippen molar-refractivity contribution in [3.63, 3.8) is 0 Å². The summed E-state index contributed by atoms with van der Waals surface area (Å²) in [5.74, 6) is 0. The van der Waals surface area contributed by atoms with E-state index in [0.29, 0.717) is 24.4 Å². The molecule has 0 heterocycles. The predicted molar refractivity (Wildman–Crippen MR) is 82.3 cm³/mol. The number of unbranched alkanes of at least 4 members (excludes halogenated alkanes) is 1. The highest BCUT2D eigenvalue weighted by atomic mass is 35.5. The standard InChI is InChI=1S/C11H14Cl2N2O2S2/c12-8-5-9(13)7-10(6-8)19(16,17)15-4-2-1-3-11(14)18/h5-7,15H,1-4H2,(H2,14,18). The van der Waals surface area contributed by atoms with Crippen LogP contribution in [-0.2, 0) is 10.0 Å². The molecule has 0 aliphatic carbocycles. The second-order valence-corrected chi connectivity index (χ2v) is 7.09. The Labute approximate surface area is 128 Å². The van der Waals surface area contributed by atoms with Gasteiger partial charge in [0.2, 0.25) is 10.0 Å². The molecule has 0 amide bonds. The summed E-state index contributed by atoms with van der Waals surface area (Å²) in [5.41, 5.74) is 5.35. The minimum absolute atomic E-state index is 0.0549. The fourth-order valence-electron chi connectivity index (χ4n) is 1.40. The second kappa shape index (κ2) is 7.40. The predicted octanol–water partition coefficient (Wildman–Crippen LogP) is 2.73. The van der Waals surface area contributed by atoms with Gasteiger partial charge in [-0.05, 0) is 37.5 Å². The van der Waals surface area contributed by atoms with Gasteiger partial charge < -0.3 is 5.73 Å². The van der Waals surface area contributed by atoms with Gasteiger partial charge in [-0.2, -0.15) is 0 Å². The summed E-state index contributed by atoms with van der Waals surface area (Å²) in [5, 5.41) is 0.558. The van der Waals surface area contributed by atoms with Crippen LogP contribution in [0.15, 0.2) is 23.1 Å². The Morgan fingerprint density at radius 1 is 1.21 bits per heavy atom. The van der Waals surface area contributed by atoms with Crippen molar-refractivity contribution in [3.05, 3.63) is 28.2 Å². The highest BCUT2D eigenvalue weighted by molar-refractivity contribution is 7.89. The summed E-state index contributed by atoms with van der Waals surface area (Å²) < 4.78 is 26.4. The zero-order valence-electron chi connectivity index (χ0n) is 10.0. The molecule has 106 valence electrons. The SMILES string of the molecule is NC(=S)CCCCNS(=O)(=O)c1cc(Cl)cc(Cl)c1. The van der Waals surface area contributed by atoms with E-state index in [-0.39, 0.29) is 14.9 Å². The number of benzene rings is 1. The Bertz CT molecular complexity index is 542. The average molecular weight is 341 g/mol. The fraction of sp³-hybridized carbons (Fsp3) is 0.364. The number of hydrogen-bond donors (Lipinski definition) is 2. The Morgan fingerprint density at radius 3 is 2.32 bits per heavy atom. The first-order valence-corrected chi connectivity index (χ1v) is 8.20. The molecule has 1 aromatic rings. The van der Waals surface area contributed by atoms with Crippen LogP contribution < -0.4 is 10.5 Å². The molecule has 0 aliphatic rings. The zero-order valence-corrected chi connectivity index (χ0v) is 13.2. The summed E-state index contributed by atoms with van der Waals surface area (Å²) in [7, 11) is -3.59. The molecule has 1 rings (SSSR count). The van der Waals surface area contributed by atoms with Gasteiger partial charge in [0.25, 0.3) is 0 Å². The lowest BCUT2D eigenvalue weighted by atomic mass is 10.2. The van der Waals surface area contributed by atoms with Crippen molar-refractivity contribution in [1.29, 1.82) is 0 Å². The lowest BCUT2D eigenvalue weighted by Crippen LogP contribution is -2.25. The molecule has 0 aliphatic heterocycles. The summed E-state index contributed by atoms with van der Waals surface area (Å²) in [6, 6.07) is 4.18. The molecule has 0 saturated carbocycles. The number of hydrogen-bond acceptors (Lipinski definition) is 3. The third kappa shape index (κ3) is 6.05. The molecule has 0 aromatic heterocycles. The van der Waals surface area contributed by atoms with Crippen molar-refractivity contribution in [3.8, 4) is 0 Å². The van der Waals surface area contributed by atoms with Crippen molar-refractivity contribution in [2.75, 3.05) is 6.54 Å². The van der Waals surface area contributed by atoms with Gasteiger partial charge in [-0.1, -0.05) is 35.4 Å². The molecule has 0 unspecified atom stereocenters. The quantitative estimate of drug-likeness (QED) is 0.591. The molecule has 0 bridgehead atoms. The molecule has 8 heteroatoms. The van der Waals surface area contributed by atoms with E-state index in [0.717, 1.165) is 6.42 Å². The highest BCUT2D eigenvalue weighted by Gasteiger charge is 2.14. The van der Waals surface area contributed by atoms with Crippen molar-refractivity contribution in [2.45, 2.75) is 24.2 Å². The second-order valence-electron chi connectivity index (χ2n) is 3.93. The number of thiocarbonyl (C=S) groups is 1. The van der Waals surface area contributed by atoms with Crippen LogP contribution in [0.3, 0.4) is 0 Å². The van der Waals surface area contributed by atoms with E-state index < -0.39 is 10.0 Å². The van der Waals surface area contributed by atoms with Crippen molar-refractivity contribution >= 4 is 50.4 Å². The molecule has 0 saturated heterocycles. The summed E-state index contributed by atoms with van der Waals surface area (Å²) >= 11 is 16.3. The first-order chi connectivity index (χ1) is 8.81. The van der Waals surface area contributed by atoms with E-state index in [9.17, 15) is 8.42 Å². The maximum Gasteiger partial charge on any atom is 0.240 e. The summed E-state index contributed by atoms with van der Waals surface area (Å²) in [4.78, 5) is 0.490. The van der Waals surface area contributed by atoms with Crippen molar-refractivity contribution < 1.29 is 8.42 Å². The summed E-state index contributed by atoms with van der Waals surface area (Å²) in [6.45, 7) is 0.315. The molecular formula is C11H14Cl2N2O2S2. The van der Waals surface area contributed by atoms with E-state index in [2.05, 4.69) is 4.72 Å². The average Bonchev–Trinajstić information content (AvgIpc) is 2.26. The van der Waals surface area contributed by atoms with Crippen LogP contribution in [0.2, 0.25) is 10.0 Å². The smallest absolute Gasteiger partial charge is 0.240 e. The van der Waals surface area contributed by atoms with Gasteiger partial charge in [-0.25, -0.2) is 13.1 Å². The Balaban J connectivity index is 2.58. The van der Waals surface area contributed by atoms with Crippen LogP contribution in [0, 0.1) is 0 Å². The fourth-order valence-corrected chi connectivity index (χ4v) is 3.34. The molecule has 0 radical (unpaired) electrons. The van der Waals surface area contributed by atoms with Crippen molar-refractivity contribution in [1.82, 2.24) is 4.72 Å². The number of halogens is 2. The van der Waals surface area contributed by atoms with E-state index >= 15 is 0 Å². The maximum absolute atomic E-state index is 12.0. The van der Waals surface area contributed by atoms with Gasteiger partial charge in [-0.3, -0.25) is 0 Å². The van der Waals surface area contributed by atoms with Crippen molar-refractivity contribution in [2.24, 2.45) is 5.73 Å². The van der Waals surface area contributed by atoms with Crippen LogP contribution in [-0.4, -0.2) is 20.0 Å². The lowest BCUT2D eigenvalue weighted by Gasteiger charge is -2.07. The van der Waals surface area contributed by atoms with Crippen LogP contribution in [0.5, 0.6) is 0 Å². The lowest BCUT2D eigenvalue weighted by molar-refractivity contribution is 0.577. The van der Waals surface area contributed by atoms with E-state index in [1.165, 1.54) is 18.2 Å². The number of rotatable bonds is 7. The summed E-state index contributed by atoms with van der Waals surface area (Å²) in [6.07, 6.45) is 2.01. The van der Waals surface area contributed by atoms with Crippen LogP contribution in [0.1, 0.15) is 19.3 Å². The van der Waals surface area contributed by atoms with Crippen LogP contribution >= 0.6 is 35.4 Å². The molecule has 0 spiro atoms. The molecule has 3 N–H and O–H groups in total. The van der Waals surface area contributed by atoms with Gasteiger partial charge in [0.05, 0.1) is 9.88 Å². The highest BCUT2D eigenvalue weighted by Crippen LogP contribution is 2.22. The van der Waals surface area contributed by atoms with Gasteiger partial charge >= 0.3 is 0 Å². The molecule has 0 fully saturated rings. The van der Waals surface area contributed by atoms with Gasteiger partial charge in [0.15, 0.2) is 0 Å². The molecule has 4 nitrogen and oxygen atoms in total. The van der Waals surface area contributed by atoms with Gasteiger partial charge in [0, 0.05) is 16.6 Å². The Morgan fingerprint density at radius 2 is 1.79 bits per heavy atom. The van der Waals surface area contributed by atoms with E-state index in [1.807, 2.05) is 0 Å². The van der Waals surface area contributed by atoms with Gasteiger partial charge in [-0.15, -0.1) is 0 Å². The van der Waals surface area contributed by atoms with Crippen LogP contribution in [0.4, 0.5) is 0 Å². The minimum atomic E-state index is -3.59. The van der Waals surface area contributed by atoms with E-state index in [1.54, 1.807) is 0 Å². The van der Waals surface area contributed by atoms with E-state index in [4.69, 9.17) is 41.2 Å². The third-order valence-electron chi connectivity index (χ3n) is 2.29. The third-order valence-corrected chi connectivity index (χ3v) is 4.37. The Hall–Kier alpha value is -0.400. The first-order valence-electron chi connectivity index (χ1n) is 5.55. The monoisotopic (exact) mass is 340 g/mol. The topological polar surface area (TPSA) is 72.2 Å². The number of sulfonamides is 1. The van der Waals surface area contributed by atoms with Crippen LogP contribution in [0.25, 0.3) is 0 Å². The molecule has 1 aromatic carbocycles. The minimum Gasteiger partial charge on any atom is -0.393 e. The molecule has 19 heavy (non-hydrogen) atoms. The maximum atomic E-state index is 12.0. The van der Waals surface area contributed by atoms with Gasteiger partial charge in [0.1, 0.15) is 0 Å². The first kappa shape index (κ1) is 16.7. The zero-order chi connectivity index (χ0) is 14.5. The number of nitrogens with one attached hydrogen (secondary N) is 1. The normalized spacial score (nSPS) is 11.5.